The second-order valence-electron chi connectivity index (χ2n) is 12.7. The lowest BCUT2D eigenvalue weighted by Gasteiger charge is -2.60. The summed E-state index contributed by atoms with van der Waals surface area (Å²) >= 11 is 0. The summed E-state index contributed by atoms with van der Waals surface area (Å²) < 4.78 is 24.3. The van der Waals surface area contributed by atoms with Crippen LogP contribution in [-0.4, -0.2) is 59.5 Å². The number of aliphatic hydroxyl groups excluding tert-OH is 1. The Kier molecular flexibility index (Phi) is 9.29. The molecular formula is C31H46O9. The standard InChI is InChI=1S/C31H46O9/c1-11-15(2)29(36)40-22-14-16(3)23-27(38-19(6)33)28(39-20(7)34)31(10)13-12-21(35)17(4)24(31)26(37-18(5)32)25(22)30(23,8)9/h15,21-22,24-28,35H,4,11-14H2,1-3,5-10H3/t15-,21+,22+,24+,25+,26+,27-,28+,31-/m1/s1. The molecule has 0 radical (unpaired) electrons. The third-order valence-electron chi connectivity index (χ3n) is 9.45. The summed E-state index contributed by atoms with van der Waals surface area (Å²) in [7, 11) is 0. The van der Waals surface area contributed by atoms with E-state index in [0.717, 1.165) is 11.1 Å². The van der Waals surface area contributed by atoms with Crippen LogP contribution < -0.4 is 0 Å². The average molecular weight is 563 g/mol. The van der Waals surface area contributed by atoms with Crippen molar-refractivity contribution in [1.29, 1.82) is 0 Å². The van der Waals surface area contributed by atoms with Crippen LogP contribution in [0.15, 0.2) is 23.3 Å². The first-order chi connectivity index (χ1) is 18.5. The van der Waals surface area contributed by atoms with Gasteiger partial charge in [-0.1, -0.05) is 46.8 Å². The fraction of sp³-hybridized carbons (Fsp3) is 0.742. The number of hydrogen-bond donors (Lipinski definition) is 1. The SMILES string of the molecule is C=C1[C@@H](O)CC[C@@]2(C)[C@@H](OC(C)=O)[C@H](OC(C)=O)C3=C(C)C[C@H](OC(=O)[C@H](C)CC)[C@@H]([C@@H](OC(C)=O)[C@H]12)C3(C)C. The van der Waals surface area contributed by atoms with Crippen LogP contribution in [0.1, 0.15) is 88.0 Å². The van der Waals surface area contributed by atoms with Gasteiger partial charge in [0.15, 0.2) is 6.10 Å². The minimum Gasteiger partial charge on any atom is -0.461 e. The van der Waals surface area contributed by atoms with Crippen LogP contribution in [0.25, 0.3) is 0 Å². The van der Waals surface area contributed by atoms with Gasteiger partial charge in [0.2, 0.25) is 0 Å². The second-order valence-corrected chi connectivity index (χ2v) is 12.7. The van der Waals surface area contributed by atoms with Crippen LogP contribution in [0.2, 0.25) is 0 Å². The monoisotopic (exact) mass is 562 g/mol. The molecule has 3 rings (SSSR count). The fourth-order valence-electron chi connectivity index (χ4n) is 7.55. The molecule has 40 heavy (non-hydrogen) atoms. The molecule has 0 unspecified atom stereocenters. The molecule has 0 aromatic heterocycles. The van der Waals surface area contributed by atoms with Crippen LogP contribution in [0.3, 0.4) is 0 Å². The summed E-state index contributed by atoms with van der Waals surface area (Å²) in [6.45, 7) is 19.6. The minimum absolute atomic E-state index is 0.312. The highest BCUT2D eigenvalue weighted by molar-refractivity contribution is 5.72. The van der Waals surface area contributed by atoms with Crippen molar-refractivity contribution in [2.24, 2.45) is 28.6 Å². The van der Waals surface area contributed by atoms with Crippen LogP contribution in [0.5, 0.6) is 0 Å². The molecule has 0 spiro atoms. The molecule has 1 N–H and O–H groups in total. The Balaban J connectivity index is 2.40. The number of ether oxygens (including phenoxy) is 4. The van der Waals surface area contributed by atoms with Gasteiger partial charge in [-0.2, -0.15) is 0 Å². The molecule has 9 atom stereocenters. The molecule has 9 heteroatoms. The smallest absolute Gasteiger partial charge is 0.308 e. The normalized spacial score (nSPS) is 35.9. The molecule has 224 valence electrons. The molecule has 2 saturated carbocycles. The largest absolute Gasteiger partial charge is 0.461 e. The van der Waals surface area contributed by atoms with E-state index < -0.39 is 71.1 Å². The van der Waals surface area contributed by atoms with Crippen LogP contribution in [0.4, 0.5) is 0 Å². The van der Waals surface area contributed by atoms with E-state index in [-0.39, 0.29) is 11.9 Å². The van der Waals surface area contributed by atoms with Crippen molar-refractivity contribution < 1.29 is 43.2 Å². The van der Waals surface area contributed by atoms with Gasteiger partial charge in [-0.05, 0) is 42.7 Å². The highest BCUT2D eigenvalue weighted by Crippen LogP contribution is 2.61. The number of fused-ring (bicyclic) bond motifs is 3. The van der Waals surface area contributed by atoms with E-state index in [1.54, 1.807) is 0 Å². The Morgan fingerprint density at radius 1 is 1.00 bits per heavy atom. The summed E-state index contributed by atoms with van der Waals surface area (Å²) in [6.07, 6.45) is -2.70. The number of hydrogen-bond acceptors (Lipinski definition) is 9. The van der Waals surface area contributed by atoms with Crippen molar-refractivity contribution in [2.45, 2.75) is 119 Å². The molecule has 3 aliphatic rings. The maximum absolute atomic E-state index is 13.1. The zero-order valence-corrected chi connectivity index (χ0v) is 25.4. The topological polar surface area (TPSA) is 125 Å². The Morgan fingerprint density at radius 3 is 2.10 bits per heavy atom. The molecule has 2 bridgehead atoms. The molecule has 0 aromatic carbocycles. The number of esters is 4. The average Bonchev–Trinajstić information content (AvgIpc) is 2.81. The maximum Gasteiger partial charge on any atom is 0.308 e. The van der Waals surface area contributed by atoms with E-state index in [1.165, 1.54) is 20.8 Å². The van der Waals surface area contributed by atoms with Crippen LogP contribution in [-0.2, 0) is 38.1 Å². The molecule has 9 nitrogen and oxygen atoms in total. The van der Waals surface area contributed by atoms with E-state index in [9.17, 15) is 24.3 Å². The van der Waals surface area contributed by atoms with Gasteiger partial charge in [-0.25, -0.2) is 0 Å². The molecule has 0 amide bonds. The summed E-state index contributed by atoms with van der Waals surface area (Å²) in [5.41, 5.74) is 0.237. The number of aliphatic hydroxyl groups is 1. The highest BCUT2D eigenvalue weighted by Gasteiger charge is 2.65. The van der Waals surface area contributed by atoms with Crippen molar-refractivity contribution in [3.8, 4) is 0 Å². The van der Waals surface area contributed by atoms with Gasteiger partial charge in [0.1, 0.15) is 18.3 Å². The highest BCUT2D eigenvalue weighted by atomic mass is 16.6. The minimum atomic E-state index is -0.953. The Hall–Kier alpha value is -2.68. The summed E-state index contributed by atoms with van der Waals surface area (Å²) in [5.74, 6) is -3.56. The van der Waals surface area contributed by atoms with Gasteiger partial charge in [0.25, 0.3) is 0 Å². The van der Waals surface area contributed by atoms with E-state index in [2.05, 4.69) is 6.58 Å². The van der Waals surface area contributed by atoms with Crippen molar-refractivity contribution in [3.05, 3.63) is 23.3 Å². The second kappa shape index (κ2) is 11.7. The van der Waals surface area contributed by atoms with E-state index in [1.807, 2.05) is 41.5 Å². The third kappa shape index (κ3) is 5.71. The van der Waals surface area contributed by atoms with E-state index >= 15 is 0 Å². The molecular weight excluding hydrogens is 516 g/mol. The molecule has 0 heterocycles. The molecule has 0 saturated heterocycles. The lowest BCUT2D eigenvalue weighted by Crippen LogP contribution is -2.65. The maximum atomic E-state index is 13.1. The first-order valence-electron chi connectivity index (χ1n) is 14.3. The lowest BCUT2D eigenvalue weighted by atomic mass is 9.49. The molecule has 0 aliphatic heterocycles. The van der Waals surface area contributed by atoms with Gasteiger partial charge >= 0.3 is 23.9 Å². The van der Waals surface area contributed by atoms with Crippen molar-refractivity contribution in [1.82, 2.24) is 0 Å². The lowest BCUT2D eigenvalue weighted by molar-refractivity contribution is -0.211. The van der Waals surface area contributed by atoms with Gasteiger partial charge in [0.05, 0.1) is 12.0 Å². The molecule has 2 fully saturated rings. The first kappa shape index (κ1) is 31.8. The number of rotatable bonds is 6. The van der Waals surface area contributed by atoms with Crippen molar-refractivity contribution in [3.63, 3.8) is 0 Å². The Morgan fingerprint density at radius 2 is 1.57 bits per heavy atom. The zero-order valence-electron chi connectivity index (χ0n) is 25.4. The third-order valence-corrected chi connectivity index (χ3v) is 9.45. The summed E-state index contributed by atoms with van der Waals surface area (Å²) in [5, 5.41) is 11.0. The van der Waals surface area contributed by atoms with Crippen LogP contribution in [0, 0.1) is 28.6 Å². The fourth-order valence-corrected chi connectivity index (χ4v) is 7.55. The van der Waals surface area contributed by atoms with Gasteiger partial charge < -0.3 is 24.1 Å². The molecule has 0 aromatic rings. The van der Waals surface area contributed by atoms with E-state index in [0.29, 0.717) is 31.3 Å². The van der Waals surface area contributed by atoms with Crippen LogP contribution >= 0.6 is 0 Å². The van der Waals surface area contributed by atoms with E-state index in [4.69, 9.17) is 18.9 Å². The number of carbonyl (C=O) groups excluding carboxylic acids is 4. The summed E-state index contributed by atoms with van der Waals surface area (Å²) in [4.78, 5) is 50.9. The van der Waals surface area contributed by atoms with Gasteiger partial charge in [-0.3, -0.25) is 19.2 Å². The Labute approximate surface area is 237 Å². The zero-order chi connectivity index (χ0) is 30.3. The Bertz CT molecular complexity index is 1090. The number of carbonyl (C=O) groups is 4. The quantitative estimate of drug-likeness (QED) is 0.284. The summed E-state index contributed by atoms with van der Waals surface area (Å²) in [6, 6.07) is 0. The van der Waals surface area contributed by atoms with Gasteiger partial charge in [0, 0.05) is 44.4 Å². The first-order valence-corrected chi connectivity index (χ1v) is 14.3. The predicted molar refractivity (Wildman–Crippen MR) is 147 cm³/mol. The predicted octanol–water partition coefficient (Wildman–Crippen LogP) is 4.45. The van der Waals surface area contributed by atoms with Gasteiger partial charge in [-0.15, -0.1) is 0 Å². The molecule has 3 aliphatic carbocycles. The van der Waals surface area contributed by atoms with Crippen molar-refractivity contribution >= 4 is 23.9 Å². The van der Waals surface area contributed by atoms with Crippen molar-refractivity contribution in [2.75, 3.05) is 0 Å².